The summed E-state index contributed by atoms with van der Waals surface area (Å²) in [6.07, 6.45) is 0.792. The van der Waals surface area contributed by atoms with Gasteiger partial charge in [0.05, 0.1) is 5.69 Å². The number of likely N-dealkylation sites (tertiary alicyclic amines) is 1. The van der Waals surface area contributed by atoms with E-state index in [-0.39, 0.29) is 30.8 Å². The number of carboxylic acid groups (broad SMARTS) is 1. The molecule has 25 heavy (non-hydrogen) atoms. The first-order chi connectivity index (χ1) is 11.9. The minimum Gasteiger partial charge on any atom is -0.465 e. The lowest BCUT2D eigenvalue weighted by Crippen LogP contribution is -2.40. The first-order valence-electron chi connectivity index (χ1n) is 8.16. The highest BCUT2D eigenvalue weighted by atomic mass is 16.7. The number of hydrogen-bond acceptors (Lipinski definition) is 5. The minimum absolute atomic E-state index is 0.0281. The standard InChI is InChI=1S/C17H20N2O6/c1-10(20)12-6-14-15(25-9-24-14)7-13(12)18-16(21)5-11-3-2-4-19(8-11)17(22)23/h6-7,11H,2-5,8-9H2,1H3,(H,18,21)(H,22,23). The molecule has 2 aliphatic rings. The second kappa shape index (κ2) is 7.00. The van der Waals surface area contributed by atoms with Crippen LogP contribution in [0.15, 0.2) is 12.1 Å². The molecular formula is C17H20N2O6. The van der Waals surface area contributed by atoms with Crippen LogP contribution < -0.4 is 14.8 Å². The minimum atomic E-state index is -0.959. The van der Waals surface area contributed by atoms with E-state index in [0.29, 0.717) is 35.8 Å². The molecule has 8 nitrogen and oxygen atoms in total. The SMILES string of the molecule is CC(=O)c1cc2c(cc1NC(=O)CC1CCCN(C(=O)O)C1)OCO2. The van der Waals surface area contributed by atoms with E-state index in [1.807, 2.05) is 0 Å². The molecule has 2 N–H and O–H groups in total. The second-order valence-electron chi connectivity index (χ2n) is 6.30. The number of fused-ring (bicyclic) bond motifs is 1. The highest BCUT2D eigenvalue weighted by Gasteiger charge is 2.26. The third-order valence-corrected chi connectivity index (χ3v) is 4.43. The maximum Gasteiger partial charge on any atom is 0.407 e. The van der Waals surface area contributed by atoms with Gasteiger partial charge in [-0.3, -0.25) is 9.59 Å². The zero-order valence-corrected chi connectivity index (χ0v) is 13.9. The van der Waals surface area contributed by atoms with E-state index in [1.165, 1.54) is 11.8 Å². The van der Waals surface area contributed by atoms with Crippen molar-refractivity contribution in [1.29, 1.82) is 0 Å². The molecule has 1 atom stereocenters. The molecule has 1 unspecified atom stereocenters. The maximum atomic E-state index is 12.4. The molecular weight excluding hydrogens is 328 g/mol. The van der Waals surface area contributed by atoms with Crippen LogP contribution in [-0.2, 0) is 4.79 Å². The second-order valence-corrected chi connectivity index (χ2v) is 6.30. The van der Waals surface area contributed by atoms with Crippen molar-refractivity contribution in [3.8, 4) is 11.5 Å². The van der Waals surface area contributed by atoms with Crippen LogP contribution in [0.3, 0.4) is 0 Å². The van der Waals surface area contributed by atoms with E-state index < -0.39 is 6.09 Å². The molecule has 1 aromatic rings. The van der Waals surface area contributed by atoms with Crippen molar-refractivity contribution in [2.45, 2.75) is 26.2 Å². The topological polar surface area (TPSA) is 105 Å². The van der Waals surface area contributed by atoms with Gasteiger partial charge in [0.2, 0.25) is 12.7 Å². The van der Waals surface area contributed by atoms with Gasteiger partial charge in [-0.05, 0) is 31.7 Å². The summed E-state index contributed by atoms with van der Waals surface area (Å²) >= 11 is 0. The Balaban J connectivity index is 1.68. The van der Waals surface area contributed by atoms with Gasteiger partial charge >= 0.3 is 6.09 Å². The van der Waals surface area contributed by atoms with Gasteiger partial charge in [-0.1, -0.05) is 0 Å². The van der Waals surface area contributed by atoms with Crippen LogP contribution in [0, 0.1) is 5.92 Å². The predicted molar refractivity (Wildman–Crippen MR) is 88.1 cm³/mol. The number of ketones is 1. The van der Waals surface area contributed by atoms with Gasteiger partial charge in [0.25, 0.3) is 0 Å². The van der Waals surface area contributed by atoms with E-state index in [9.17, 15) is 14.4 Å². The van der Waals surface area contributed by atoms with Gasteiger partial charge in [0.1, 0.15) is 0 Å². The van der Waals surface area contributed by atoms with Crippen molar-refractivity contribution in [3.05, 3.63) is 17.7 Å². The Morgan fingerprint density at radius 2 is 2.00 bits per heavy atom. The van der Waals surface area contributed by atoms with Crippen LogP contribution in [-0.4, -0.2) is 47.7 Å². The molecule has 134 valence electrons. The molecule has 0 bridgehead atoms. The number of nitrogens with zero attached hydrogens (tertiary/aromatic N) is 1. The molecule has 2 amide bonds. The molecule has 1 aromatic carbocycles. The fourth-order valence-electron chi connectivity index (χ4n) is 3.21. The van der Waals surface area contributed by atoms with Crippen LogP contribution in [0.4, 0.5) is 10.5 Å². The van der Waals surface area contributed by atoms with Crippen LogP contribution in [0.5, 0.6) is 11.5 Å². The lowest BCUT2D eigenvalue weighted by molar-refractivity contribution is -0.117. The number of anilines is 1. The molecule has 1 fully saturated rings. The zero-order chi connectivity index (χ0) is 18.0. The molecule has 3 rings (SSSR count). The van der Waals surface area contributed by atoms with Gasteiger partial charge in [0.15, 0.2) is 17.3 Å². The first kappa shape index (κ1) is 17.1. The highest BCUT2D eigenvalue weighted by Crippen LogP contribution is 2.37. The molecule has 0 spiro atoms. The lowest BCUT2D eigenvalue weighted by Gasteiger charge is -2.30. The van der Waals surface area contributed by atoms with Gasteiger partial charge in [0, 0.05) is 31.1 Å². The Labute approximate surface area is 144 Å². The number of benzene rings is 1. The average Bonchev–Trinajstić information content (AvgIpc) is 3.01. The van der Waals surface area contributed by atoms with Crippen LogP contribution >= 0.6 is 0 Å². The van der Waals surface area contributed by atoms with Crippen molar-refractivity contribution < 1.29 is 29.0 Å². The zero-order valence-electron chi connectivity index (χ0n) is 13.9. The van der Waals surface area contributed by atoms with Crippen LogP contribution in [0.2, 0.25) is 0 Å². The molecule has 0 saturated carbocycles. The summed E-state index contributed by atoms with van der Waals surface area (Å²) in [5.74, 6) is 0.490. The molecule has 2 aliphatic heterocycles. The normalized spacial score (nSPS) is 18.8. The number of amides is 2. The van der Waals surface area contributed by atoms with Crippen molar-refractivity contribution in [2.24, 2.45) is 5.92 Å². The molecule has 2 heterocycles. The summed E-state index contributed by atoms with van der Waals surface area (Å²) in [6, 6.07) is 3.15. The van der Waals surface area contributed by atoms with E-state index in [2.05, 4.69) is 5.32 Å². The Morgan fingerprint density at radius 1 is 1.28 bits per heavy atom. The smallest absolute Gasteiger partial charge is 0.407 e. The number of hydrogen-bond donors (Lipinski definition) is 2. The average molecular weight is 348 g/mol. The van der Waals surface area contributed by atoms with Gasteiger partial charge in [-0.15, -0.1) is 0 Å². The number of nitrogens with one attached hydrogen (secondary N) is 1. The summed E-state index contributed by atoms with van der Waals surface area (Å²) in [7, 11) is 0. The Bertz CT molecular complexity index is 717. The van der Waals surface area contributed by atoms with E-state index in [0.717, 1.165) is 12.8 Å². The monoisotopic (exact) mass is 348 g/mol. The Kier molecular flexibility index (Phi) is 4.78. The fraction of sp³-hybridized carbons (Fsp3) is 0.471. The van der Waals surface area contributed by atoms with Crippen molar-refractivity contribution in [1.82, 2.24) is 4.90 Å². The third-order valence-electron chi connectivity index (χ3n) is 4.43. The summed E-state index contributed by atoms with van der Waals surface area (Å²) in [5, 5.41) is 11.8. The largest absolute Gasteiger partial charge is 0.465 e. The number of ether oxygens (including phenoxy) is 2. The quantitative estimate of drug-likeness (QED) is 0.809. The summed E-state index contributed by atoms with van der Waals surface area (Å²) in [4.78, 5) is 36.6. The predicted octanol–water partition coefficient (Wildman–Crippen LogP) is 2.34. The van der Waals surface area contributed by atoms with E-state index in [4.69, 9.17) is 14.6 Å². The first-order valence-corrected chi connectivity index (χ1v) is 8.16. The Morgan fingerprint density at radius 3 is 2.68 bits per heavy atom. The number of rotatable bonds is 4. The molecule has 0 aliphatic carbocycles. The lowest BCUT2D eigenvalue weighted by atomic mass is 9.94. The Hall–Kier alpha value is -2.77. The molecule has 0 aromatic heterocycles. The molecule has 1 saturated heterocycles. The van der Waals surface area contributed by atoms with Crippen molar-refractivity contribution in [2.75, 3.05) is 25.2 Å². The number of Topliss-reactive ketones (excluding diaryl/α,β-unsaturated/α-hetero) is 1. The summed E-state index contributed by atoms with van der Waals surface area (Å²) < 4.78 is 10.5. The van der Waals surface area contributed by atoms with Gasteiger partial charge < -0.3 is 24.8 Å². The van der Waals surface area contributed by atoms with E-state index >= 15 is 0 Å². The number of piperidine rings is 1. The summed E-state index contributed by atoms with van der Waals surface area (Å²) in [6.45, 7) is 2.35. The van der Waals surface area contributed by atoms with Crippen LogP contribution in [0.1, 0.15) is 36.5 Å². The van der Waals surface area contributed by atoms with Crippen molar-refractivity contribution >= 4 is 23.5 Å². The third kappa shape index (κ3) is 3.84. The van der Waals surface area contributed by atoms with Gasteiger partial charge in [-0.2, -0.15) is 0 Å². The number of carbonyl (C=O) groups excluding carboxylic acids is 2. The van der Waals surface area contributed by atoms with Crippen LogP contribution in [0.25, 0.3) is 0 Å². The van der Waals surface area contributed by atoms with E-state index in [1.54, 1.807) is 12.1 Å². The van der Waals surface area contributed by atoms with Crippen molar-refractivity contribution in [3.63, 3.8) is 0 Å². The number of carbonyl (C=O) groups is 3. The fourth-order valence-corrected chi connectivity index (χ4v) is 3.21. The highest BCUT2D eigenvalue weighted by molar-refractivity contribution is 6.04. The molecule has 0 radical (unpaired) electrons. The summed E-state index contributed by atoms with van der Waals surface area (Å²) in [5.41, 5.74) is 0.737. The maximum absolute atomic E-state index is 12.4. The molecule has 8 heteroatoms. The van der Waals surface area contributed by atoms with Gasteiger partial charge in [-0.25, -0.2) is 4.79 Å².